The van der Waals surface area contributed by atoms with E-state index in [9.17, 15) is 4.79 Å². The maximum Gasteiger partial charge on any atom is 0.227 e. The number of carbonyl (C=O) groups excluding carboxylic acids is 1. The minimum atomic E-state index is 0.190. The zero-order chi connectivity index (χ0) is 17.2. The maximum atomic E-state index is 12.8. The lowest BCUT2D eigenvalue weighted by atomic mass is 9.94. The summed E-state index contributed by atoms with van der Waals surface area (Å²) in [6.45, 7) is 3.52. The summed E-state index contributed by atoms with van der Waals surface area (Å²) in [5, 5.41) is 1.13. The maximum absolute atomic E-state index is 12.8. The number of rotatable bonds is 3. The molecule has 1 N–H and O–H groups in total. The monoisotopic (exact) mass is 334 g/mol. The van der Waals surface area contributed by atoms with Gasteiger partial charge in [0.1, 0.15) is 0 Å². The minimum absolute atomic E-state index is 0.190. The molecular weight excluding hydrogens is 312 g/mol. The van der Waals surface area contributed by atoms with Gasteiger partial charge >= 0.3 is 0 Å². The molecule has 0 saturated carbocycles. The van der Waals surface area contributed by atoms with E-state index in [1.54, 1.807) is 6.20 Å². The van der Waals surface area contributed by atoms with Crippen molar-refractivity contribution < 1.29 is 4.79 Å². The Morgan fingerprint density at radius 1 is 1.32 bits per heavy atom. The van der Waals surface area contributed by atoms with Crippen molar-refractivity contribution in [3.8, 4) is 0 Å². The van der Waals surface area contributed by atoms with Gasteiger partial charge in [0, 0.05) is 48.5 Å². The lowest BCUT2D eigenvalue weighted by Gasteiger charge is -2.32. The predicted octanol–water partition coefficient (Wildman–Crippen LogP) is 3.22. The van der Waals surface area contributed by atoms with Gasteiger partial charge < -0.3 is 9.88 Å². The van der Waals surface area contributed by atoms with Crippen LogP contribution in [0.5, 0.6) is 0 Å². The van der Waals surface area contributed by atoms with E-state index in [1.165, 1.54) is 0 Å². The lowest BCUT2D eigenvalue weighted by Crippen LogP contribution is -2.40. The number of likely N-dealkylation sites (tertiary alicyclic amines) is 1. The van der Waals surface area contributed by atoms with Crippen LogP contribution in [0.1, 0.15) is 35.7 Å². The molecule has 3 aromatic rings. The van der Waals surface area contributed by atoms with Crippen LogP contribution >= 0.6 is 0 Å². The van der Waals surface area contributed by atoms with Crippen molar-refractivity contribution in [2.45, 2.75) is 32.1 Å². The molecule has 1 aromatic carbocycles. The van der Waals surface area contributed by atoms with Crippen molar-refractivity contribution in [3.63, 3.8) is 0 Å². The lowest BCUT2D eigenvalue weighted by molar-refractivity contribution is -0.131. The van der Waals surface area contributed by atoms with Crippen LogP contribution in [0.4, 0.5) is 0 Å². The van der Waals surface area contributed by atoms with Gasteiger partial charge in [0.25, 0.3) is 0 Å². The number of piperidine rings is 1. The second-order valence-electron chi connectivity index (χ2n) is 6.80. The second kappa shape index (κ2) is 6.67. The van der Waals surface area contributed by atoms with Crippen LogP contribution in [0.25, 0.3) is 10.9 Å². The molecule has 1 saturated heterocycles. The Hall–Kier alpha value is -2.69. The molecule has 1 atom stereocenters. The fourth-order valence-electron chi connectivity index (χ4n) is 3.68. The molecule has 0 aliphatic carbocycles. The Morgan fingerprint density at radius 2 is 2.20 bits per heavy atom. The van der Waals surface area contributed by atoms with Gasteiger partial charge in [-0.05, 0) is 31.4 Å². The van der Waals surface area contributed by atoms with Crippen LogP contribution in [0, 0.1) is 6.92 Å². The van der Waals surface area contributed by atoms with E-state index < -0.39 is 0 Å². The fraction of sp³-hybridized carbons (Fsp3) is 0.350. The first-order valence-corrected chi connectivity index (χ1v) is 8.82. The Balaban J connectivity index is 1.48. The van der Waals surface area contributed by atoms with Crippen LogP contribution < -0.4 is 0 Å². The number of para-hydroxylation sites is 1. The number of nitrogens with zero attached hydrogens (tertiary/aromatic N) is 3. The van der Waals surface area contributed by atoms with Crippen LogP contribution in [0.3, 0.4) is 0 Å². The average Bonchev–Trinajstić information content (AvgIpc) is 3.05. The Labute approximate surface area is 147 Å². The van der Waals surface area contributed by atoms with Crippen LogP contribution in [-0.2, 0) is 11.2 Å². The number of amides is 1. The van der Waals surface area contributed by atoms with Crippen molar-refractivity contribution in [1.82, 2.24) is 19.9 Å². The standard InChI is InChI=1S/C20H22N4O/c1-14-10-21-12-19(23-14)15-5-4-8-24(13-15)20(25)9-16-11-22-18-7-3-2-6-17(16)18/h2-3,6-7,10-12,15,22H,4-5,8-9,13H2,1H3/t15-/m1/s1. The third-order valence-corrected chi connectivity index (χ3v) is 4.98. The fourth-order valence-corrected chi connectivity index (χ4v) is 3.68. The molecule has 0 unspecified atom stereocenters. The van der Waals surface area contributed by atoms with Gasteiger partial charge in [-0.3, -0.25) is 14.8 Å². The molecule has 1 amide bonds. The Kier molecular flexibility index (Phi) is 4.22. The number of aromatic nitrogens is 3. The molecule has 5 nitrogen and oxygen atoms in total. The quantitative estimate of drug-likeness (QED) is 0.800. The van der Waals surface area contributed by atoms with Crippen molar-refractivity contribution in [3.05, 3.63) is 59.8 Å². The summed E-state index contributed by atoms with van der Waals surface area (Å²) >= 11 is 0. The van der Waals surface area contributed by atoms with Gasteiger partial charge in [-0.25, -0.2) is 0 Å². The van der Waals surface area contributed by atoms with Gasteiger partial charge in [0.05, 0.1) is 17.8 Å². The smallest absolute Gasteiger partial charge is 0.227 e. The van der Waals surface area contributed by atoms with E-state index in [4.69, 9.17) is 0 Å². The zero-order valence-corrected chi connectivity index (χ0v) is 14.4. The molecule has 5 heteroatoms. The SMILES string of the molecule is Cc1cncc([C@@H]2CCCN(C(=O)Cc3c[nH]c4ccccc34)C2)n1. The molecule has 1 fully saturated rings. The highest BCUT2D eigenvalue weighted by atomic mass is 16.2. The number of nitrogens with one attached hydrogen (secondary N) is 1. The van der Waals surface area contributed by atoms with E-state index in [0.717, 1.165) is 53.8 Å². The van der Waals surface area contributed by atoms with E-state index in [1.807, 2.05) is 42.4 Å². The topological polar surface area (TPSA) is 61.9 Å². The molecule has 3 heterocycles. The third-order valence-electron chi connectivity index (χ3n) is 4.98. The number of carbonyl (C=O) groups is 1. The number of hydrogen-bond acceptors (Lipinski definition) is 3. The van der Waals surface area contributed by atoms with Crippen LogP contribution in [-0.4, -0.2) is 38.8 Å². The predicted molar refractivity (Wildman–Crippen MR) is 97.3 cm³/mol. The minimum Gasteiger partial charge on any atom is -0.361 e. The zero-order valence-electron chi connectivity index (χ0n) is 14.4. The summed E-state index contributed by atoms with van der Waals surface area (Å²) in [5.41, 5.74) is 4.08. The first kappa shape index (κ1) is 15.8. The van der Waals surface area contributed by atoms with E-state index in [2.05, 4.69) is 21.0 Å². The van der Waals surface area contributed by atoms with Crippen LogP contribution in [0.2, 0.25) is 0 Å². The number of fused-ring (bicyclic) bond motifs is 1. The molecular formula is C20H22N4O. The molecule has 1 aliphatic rings. The number of aryl methyl sites for hydroxylation is 1. The first-order valence-electron chi connectivity index (χ1n) is 8.82. The Bertz CT molecular complexity index is 901. The van der Waals surface area contributed by atoms with Gasteiger partial charge in [0.15, 0.2) is 0 Å². The van der Waals surface area contributed by atoms with Gasteiger partial charge in [-0.2, -0.15) is 0 Å². The molecule has 4 rings (SSSR count). The first-order chi connectivity index (χ1) is 12.2. The summed E-state index contributed by atoms with van der Waals surface area (Å²) in [7, 11) is 0. The van der Waals surface area contributed by atoms with Crippen LogP contribution in [0.15, 0.2) is 42.9 Å². The van der Waals surface area contributed by atoms with Gasteiger partial charge in [0.2, 0.25) is 5.91 Å². The summed E-state index contributed by atoms with van der Waals surface area (Å²) < 4.78 is 0. The second-order valence-corrected chi connectivity index (χ2v) is 6.80. The van der Waals surface area contributed by atoms with Gasteiger partial charge in [-0.15, -0.1) is 0 Å². The van der Waals surface area contributed by atoms with E-state index in [0.29, 0.717) is 6.42 Å². The summed E-state index contributed by atoms with van der Waals surface area (Å²) in [6, 6.07) is 8.12. The third kappa shape index (κ3) is 3.27. The highest BCUT2D eigenvalue weighted by Crippen LogP contribution is 2.26. The van der Waals surface area contributed by atoms with Crippen molar-refractivity contribution in [1.29, 1.82) is 0 Å². The molecule has 0 bridgehead atoms. The van der Waals surface area contributed by atoms with Crippen molar-refractivity contribution in [2.24, 2.45) is 0 Å². The normalized spacial score (nSPS) is 17.8. The number of H-pyrrole nitrogens is 1. The number of hydrogen-bond donors (Lipinski definition) is 1. The molecule has 1 aliphatic heterocycles. The average molecular weight is 334 g/mol. The van der Waals surface area contributed by atoms with E-state index in [-0.39, 0.29) is 11.8 Å². The molecule has 0 spiro atoms. The summed E-state index contributed by atoms with van der Waals surface area (Å²) in [5.74, 6) is 0.475. The van der Waals surface area contributed by atoms with Crippen molar-refractivity contribution in [2.75, 3.05) is 13.1 Å². The summed E-state index contributed by atoms with van der Waals surface area (Å²) in [4.78, 5) is 26.9. The number of aromatic amines is 1. The molecule has 25 heavy (non-hydrogen) atoms. The Morgan fingerprint density at radius 3 is 3.08 bits per heavy atom. The molecule has 2 aromatic heterocycles. The van der Waals surface area contributed by atoms with E-state index >= 15 is 0 Å². The highest BCUT2D eigenvalue weighted by Gasteiger charge is 2.26. The highest BCUT2D eigenvalue weighted by molar-refractivity contribution is 5.88. The number of benzene rings is 1. The molecule has 128 valence electrons. The largest absolute Gasteiger partial charge is 0.361 e. The van der Waals surface area contributed by atoms with Crippen molar-refractivity contribution >= 4 is 16.8 Å². The van der Waals surface area contributed by atoms with Gasteiger partial charge in [-0.1, -0.05) is 18.2 Å². The molecule has 0 radical (unpaired) electrons. The summed E-state index contributed by atoms with van der Waals surface area (Å²) in [6.07, 6.45) is 8.08.